The van der Waals surface area contributed by atoms with E-state index in [0.29, 0.717) is 25.8 Å². The topological polar surface area (TPSA) is 57.0 Å². The zero-order valence-electron chi connectivity index (χ0n) is 13.8. The van der Waals surface area contributed by atoms with Gasteiger partial charge >= 0.3 is 0 Å². The molecule has 0 spiro atoms. The van der Waals surface area contributed by atoms with Crippen LogP contribution < -0.4 is 5.73 Å². The molecule has 0 aromatic carbocycles. The first kappa shape index (κ1) is 17.9. The molecule has 0 aliphatic carbocycles. The second-order valence-electron chi connectivity index (χ2n) is 6.45. The molecule has 0 radical (unpaired) electrons. The number of nitrogens with zero attached hydrogens (tertiary/aromatic N) is 1. The van der Waals surface area contributed by atoms with Crippen molar-refractivity contribution < 1.29 is 14.2 Å². The van der Waals surface area contributed by atoms with Crippen molar-refractivity contribution in [3.63, 3.8) is 0 Å². The molecule has 2 N–H and O–H groups in total. The van der Waals surface area contributed by atoms with Crippen molar-refractivity contribution >= 4 is 0 Å². The van der Waals surface area contributed by atoms with Gasteiger partial charge in [0.15, 0.2) is 0 Å². The Balaban J connectivity index is 2.93. The van der Waals surface area contributed by atoms with Gasteiger partial charge in [0.2, 0.25) is 0 Å². The average Bonchev–Trinajstić information content (AvgIpc) is 2.38. The van der Waals surface area contributed by atoms with E-state index >= 15 is 0 Å². The molecule has 0 aromatic rings. The third-order valence-corrected chi connectivity index (χ3v) is 4.28. The monoisotopic (exact) mass is 288 g/mol. The van der Waals surface area contributed by atoms with E-state index in [1.54, 1.807) is 14.2 Å². The maximum absolute atomic E-state index is 6.19. The standard InChI is InChI=1S/C15H32N2O3/c1-13(10-19-5)17(7-9-18-4)15(12-16)6-8-20-14(2,3)11-15/h13H,6-12,16H2,1-5H3. The highest BCUT2D eigenvalue weighted by Gasteiger charge is 2.45. The van der Waals surface area contributed by atoms with Gasteiger partial charge in [-0.3, -0.25) is 4.90 Å². The van der Waals surface area contributed by atoms with Crippen molar-refractivity contribution in [2.75, 3.05) is 47.1 Å². The van der Waals surface area contributed by atoms with Crippen LogP contribution in [0, 0.1) is 0 Å². The van der Waals surface area contributed by atoms with Crippen LogP contribution in [0.25, 0.3) is 0 Å². The lowest BCUT2D eigenvalue weighted by Gasteiger charge is -2.52. The summed E-state index contributed by atoms with van der Waals surface area (Å²) in [7, 11) is 3.48. The molecule has 5 nitrogen and oxygen atoms in total. The van der Waals surface area contributed by atoms with Gasteiger partial charge in [-0.1, -0.05) is 0 Å². The van der Waals surface area contributed by atoms with Gasteiger partial charge in [0.05, 0.1) is 18.8 Å². The molecular weight excluding hydrogens is 256 g/mol. The van der Waals surface area contributed by atoms with Crippen molar-refractivity contribution in [3.8, 4) is 0 Å². The minimum atomic E-state index is -0.129. The van der Waals surface area contributed by atoms with Gasteiger partial charge in [-0.2, -0.15) is 0 Å². The predicted octanol–water partition coefficient (Wildman–Crippen LogP) is 1.26. The van der Waals surface area contributed by atoms with E-state index in [4.69, 9.17) is 19.9 Å². The van der Waals surface area contributed by atoms with E-state index in [9.17, 15) is 0 Å². The van der Waals surface area contributed by atoms with Crippen LogP contribution in [-0.4, -0.2) is 69.2 Å². The predicted molar refractivity (Wildman–Crippen MR) is 81.0 cm³/mol. The zero-order valence-corrected chi connectivity index (χ0v) is 13.8. The first-order valence-corrected chi connectivity index (χ1v) is 7.49. The van der Waals surface area contributed by atoms with Crippen LogP contribution in [0.15, 0.2) is 0 Å². The fraction of sp³-hybridized carbons (Fsp3) is 1.00. The minimum Gasteiger partial charge on any atom is -0.383 e. The van der Waals surface area contributed by atoms with Crippen LogP contribution in [0.3, 0.4) is 0 Å². The van der Waals surface area contributed by atoms with E-state index in [0.717, 1.165) is 26.0 Å². The first-order valence-electron chi connectivity index (χ1n) is 7.49. The van der Waals surface area contributed by atoms with Gasteiger partial charge in [0, 0.05) is 45.5 Å². The Labute approximate surface area is 123 Å². The number of methoxy groups -OCH3 is 2. The van der Waals surface area contributed by atoms with Crippen molar-refractivity contribution in [2.45, 2.75) is 50.8 Å². The average molecular weight is 288 g/mol. The van der Waals surface area contributed by atoms with Crippen molar-refractivity contribution in [2.24, 2.45) is 5.73 Å². The Morgan fingerprint density at radius 2 is 2.00 bits per heavy atom. The lowest BCUT2D eigenvalue weighted by Crippen LogP contribution is -2.64. The molecule has 0 saturated carbocycles. The molecule has 1 aliphatic heterocycles. The third kappa shape index (κ3) is 4.40. The van der Waals surface area contributed by atoms with E-state index < -0.39 is 0 Å². The van der Waals surface area contributed by atoms with Gasteiger partial charge in [0.1, 0.15) is 0 Å². The molecule has 1 rings (SSSR count). The lowest BCUT2D eigenvalue weighted by atomic mass is 9.79. The molecule has 0 bridgehead atoms. The summed E-state index contributed by atoms with van der Waals surface area (Å²) in [6.07, 6.45) is 1.90. The summed E-state index contributed by atoms with van der Waals surface area (Å²) < 4.78 is 16.5. The summed E-state index contributed by atoms with van der Waals surface area (Å²) in [5.74, 6) is 0. The lowest BCUT2D eigenvalue weighted by molar-refractivity contribution is -0.131. The van der Waals surface area contributed by atoms with Crippen molar-refractivity contribution in [1.82, 2.24) is 4.90 Å². The summed E-state index contributed by atoms with van der Waals surface area (Å²) in [6, 6.07) is 0.313. The Morgan fingerprint density at radius 1 is 1.30 bits per heavy atom. The summed E-state index contributed by atoms with van der Waals surface area (Å²) in [5, 5.41) is 0. The van der Waals surface area contributed by atoms with Gasteiger partial charge in [-0.25, -0.2) is 0 Å². The highest BCUT2D eigenvalue weighted by atomic mass is 16.5. The third-order valence-electron chi connectivity index (χ3n) is 4.28. The molecule has 5 heteroatoms. The number of hydrogen-bond acceptors (Lipinski definition) is 5. The smallest absolute Gasteiger partial charge is 0.0644 e. The minimum absolute atomic E-state index is 0.0295. The molecule has 2 atom stereocenters. The van der Waals surface area contributed by atoms with Crippen molar-refractivity contribution in [1.29, 1.82) is 0 Å². The SMILES string of the molecule is COCCN(C(C)COC)C1(CN)CCOC(C)(C)C1. The van der Waals surface area contributed by atoms with Gasteiger partial charge in [-0.15, -0.1) is 0 Å². The number of ether oxygens (including phenoxy) is 3. The molecular formula is C15H32N2O3. The molecule has 20 heavy (non-hydrogen) atoms. The number of hydrogen-bond donors (Lipinski definition) is 1. The highest BCUT2D eigenvalue weighted by molar-refractivity contribution is 5.00. The molecule has 1 heterocycles. The molecule has 120 valence electrons. The molecule has 1 aliphatic rings. The zero-order chi connectivity index (χ0) is 15.2. The Bertz CT molecular complexity index is 286. The summed E-state index contributed by atoms with van der Waals surface area (Å²) in [4.78, 5) is 2.46. The highest BCUT2D eigenvalue weighted by Crippen LogP contribution is 2.36. The second kappa shape index (κ2) is 7.71. The van der Waals surface area contributed by atoms with Crippen LogP contribution in [-0.2, 0) is 14.2 Å². The van der Waals surface area contributed by atoms with E-state index in [-0.39, 0.29) is 11.1 Å². The quantitative estimate of drug-likeness (QED) is 0.728. The van der Waals surface area contributed by atoms with Crippen LogP contribution in [0.1, 0.15) is 33.6 Å². The second-order valence-corrected chi connectivity index (χ2v) is 6.45. The molecule has 0 amide bonds. The van der Waals surface area contributed by atoms with Crippen LogP contribution in [0.4, 0.5) is 0 Å². The Hall–Kier alpha value is -0.200. The molecule has 2 unspecified atom stereocenters. The van der Waals surface area contributed by atoms with E-state index in [2.05, 4.69) is 25.7 Å². The fourth-order valence-corrected chi connectivity index (χ4v) is 3.43. The van der Waals surface area contributed by atoms with Gasteiger partial charge in [-0.05, 0) is 33.6 Å². The summed E-state index contributed by atoms with van der Waals surface area (Å²) in [5.41, 5.74) is 6.03. The fourth-order valence-electron chi connectivity index (χ4n) is 3.43. The van der Waals surface area contributed by atoms with Crippen LogP contribution >= 0.6 is 0 Å². The van der Waals surface area contributed by atoms with Crippen LogP contribution in [0.5, 0.6) is 0 Å². The summed E-state index contributed by atoms with van der Waals surface area (Å²) in [6.45, 7) is 10.2. The maximum atomic E-state index is 6.19. The van der Waals surface area contributed by atoms with Gasteiger partial charge < -0.3 is 19.9 Å². The molecule has 0 aromatic heterocycles. The molecule has 1 fully saturated rings. The van der Waals surface area contributed by atoms with E-state index in [1.807, 2.05) is 0 Å². The Kier molecular flexibility index (Phi) is 6.88. The van der Waals surface area contributed by atoms with Gasteiger partial charge in [0.25, 0.3) is 0 Å². The summed E-state index contributed by atoms with van der Waals surface area (Å²) >= 11 is 0. The van der Waals surface area contributed by atoms with Crippen LogP contribution in [0.2, 0.25) is 0 Å². The van der Waals surface area contributed by atoms with Crippen molar-refractivity contribution in [3.05, 3.63) is 0 Å². The normalized spacial score (nSPS) is 27.8. The number of nitrogens with two attached hydrogens (primary N) is 1. The Morgan fingerprint density at radius 3 is 2.50 bits per heavy atom. The number of rotatable bonds is 8. The first-order chi connectivity index (χ1) is 9.40. The van der Waals surface area contributed by atoms with E-state index in [1.165, 1.54) is 0 Å². The largest absolute Gasteiger partial charge is 0.383 e. The maximum Gasteiger partial charge on any atom is 0.0644 e. The molecule has 1 saturated heterocycles.